The van der Waals surface area contributed by atoms with E-state index < -0.39 is 0 Å². The van der Waals surface area contributed by atoms with E-state index in [0.717, 1.165) is 24.7 Å². The SMILES string of the molecule is CCC(CC(C)C)c1ccccc1.CCCc1ccc(CC(C)C)cc1CCl. The van der Waals surface area contributed by atoms with Gasteiger partial charge < -0.3 is 0 Å². The van der Waals surface area contributed by atoms with Crippen LogP contribution in [0.5, 0.6) is 0 Å². The zero-order chi connectivity index (χ0) is 20.9. The molecule has 2 aromatic rings. The van der Waals surface area contributed by atoms with Crippen molar-refractivity contribution in [3.05, 3.63) is 70.8 Å². The Balaban J connectivity index is 0.000000283. The molecule has 0 aromatic heterocycles. The summed E-state index contributed by atoms with van der Waals surface area (Å²) in [5.41, 5.74) is 5.65. The van der Waals surface area contributed by atoms with Crippen LogP contribution in [0.15, 0.2) is 48.5 Å². The lowest BCUT2D eigenvalue weighted by atomic mass is 9.88. The number of benzene rings is 2. The summed E-state index contributed by atoms with van der Waals surface area (Å²) >= 11 is 5.98. The van der Waals surface area contributed by atoms with Crippen LogP contribution >= 0.6 is 11.6 Å². The molecule has 0 spiro atoms. The van der Waals surface area contributed by atoms with E-state index in [1.54, 1.807) is 0 Å². The molecule has 0 aliphatic heterocycles. The highest BCUT2D eigenvalue weighted by molar-refractivity contribution is 6.17. The van der Waals surface area contributed by atoms with Crippen LogP contribution in [-0.2, 0) is 18.7 Å². The van der Waals surface area contributed by atoms with Crippen molar-refractivity contribution in [3.63, 3.8) is 0 Å². The van der Waals surface area contributed by atoms with Gasteiger partial charge in [-0.2, -0.15) is 0 Å². The van der Waals surface area contributed by atoms with Crippen LogP contribution in [0.4, 0.5) is 0 Å². The summed E-state index contributed by atoms with van der Waals surface area (Å²) in [5, 5.41) is 0. The van der Waals surface area contributed by atoms with Crippen molar-refractivity contribution in [2.45, 2.75) is 85.4 Å². The Morgan fingerprint density at radius 2 is 1.50 bits per heavy atom. The minimum absolute atomic E-state index is 0.640. The molecule has 0 amide bonds. The molecule has 28 heavy (non-hydrogen) atoms. The fraction of sp³-hybridized carbons (Fsp3) is 0.556. The molecule has 0 fully saturated rings. The lowest BCUT2D eigenvalue weighted by Crippen LogP contribution is -2.01. The molecule has 0 heterocycles. The second-order valence-corrected chi connectivity index (χ2v) is 9.00. The summed E-state index contributed by atoms with van der Waals surface area (Å²) in [6.45, 7) is 13.6. The summed E-state index contributed by atoms with van der Waals surface area (Å²) in [7, 11) is 0. The van der Waals surface area contributed by atoms with Crippen LogP contribution in [0.2, 0.25) is 0 Å². The van der Waals surface area contributed by atoms with Gasteiger partial charge in [-0.25, -0.2) is 0 Å². The third kappa shape index (κ3) is 9.28. The van der Waals surface area contributed by atoms with Crippen molar-refractivity contribution in [1.82, 2.24) is 0 Å². The molecule has 0 aliphatic carbocycles. The van der Waals surface area contributed by atoms with Gasteiger partial charge in [0.25, 0.3) is 0 Å². The molecule has 0 saturated heterocycles. The minimum Gasteiger partial charge on any atom is -0.122 e. The third-order valence-electron chi connectivity index (χ3n) is 5.10. The van der Waals surface area contributed by atoms with Gasteiger partial charge in [-0.3, -0.25) is 0 Å². The van der Waals surface area contributed by atoms with E-state index in [1.165, 1.54) is 41.5 Å². The summed E-state index contributed by atoms with van der Waals surface area (Å²) in [4.78, 5) is 0. The van der Waals surface area contributed by atoms with E-state index >= 15 is 0 Å². The molecular weight excluding hydrogens is 360 g/mol. The topological polar surface area (TPSA) is 0 Å². The highest BCUT2D eigenvalue weighted by Crippen LogP contribution is 2.26. The van der Waals surface area contributed by atoms with E-state index in [2.05, 4.69) is 90.1 Å². The normalized spacial score (nSPS) is 12.0. The van der Waals surface area contributed by atoms with Crippen molar-refractivity contribution in [1.29, 1.82) is 0 Å². The van der Waals surface area contributed by atoms with Gasteiger partial charge in [-0.1, -0.05) is 96.5 Å². The highest BCUT2D eigenvalue weighted by atomic mass is 35.5. The van der Waals surface area contributed by atoms with E-state index in [4.69, 9.17) is 11.6 Å². The van der Waals surface area contributed by atoms with Gasteiger partial charge in [-0.15, -0.1) is 11.6 Å². The molecule has 0 nitrogen and oxygen atoms in total. The van der Waals surface area contributed by atoms with Gasteiger partial charge in [0.1, 0.15) is 0 Å². The van der Waals surface area contributed by atoms with Crippen molar-refractivity contribution in [2.75, 3.05) is 0 Å². The van der Waals surface area contributed by atoms with Crippen molar-refractivity contribution < 1.29 is 0 Å². The second kappa shape index (κ2) is 13.8. The van der Waals surface area contributed by atoms with Gasteiger partial charge in [0.05, 0.1) is 0 Å². The average molecular weight is 401 g/mol. The maximum atomic E-state index is 5.98. The zero-order valence-electron chi connectivity index (χ0n) is 19.0. The molecule has 0 N–H and O–H groups in total. The summed E-state index contributed by atoms with van der Waals surface area (Å²) in [6, 6.07) is 17.6. The Bertz CT molecular complexity index is 643. The van der Waals surface area contributed by atoms with E-state index in [9.17, 15) is 0 Å². The van der Waals surface area contributed by atoms with Crippen molar-refractivity contribution >= 4 is 11.6 Å². The lowest BCUT2D eigenvalue weighted by Gasteiger charge is -2.17. The van der Waals surface area contributed by atoms with Crippen LogP contribution in [0.1, 0.15) is 89.0 Å². The zero-order valence-corrected chi connectivity index (χ0v) is 19.7. The molecule has 1 atom stereocenters. The molecule has 2 rings (SSSR count). The number of hydrogen-bond donors (Lipinski definition) is 0. The first-order chi connectivity index (χ1) is 13.4. The van der Waals surface area contributed by atoms with Gasteiger partial charge in [0.2, 0.25) is 0 Å². The predicted octanol–water partition coefficient (Wildman–Crippen LogP) is 8.80. The lowest BCUT2D eigenvalue weighted by molar-refractivity contribution is 0.489. The molecular formula is C27H41Cl. The Morgan fingerprint density at radius 3 is 2.00 bits per heavy atom. The number of aryl methyl sites for hydroxylation is 1. The fourth-order valence-electron chi connectivity index (χ4n) is 3.75. The Hall–Kier alpha value is -1.27. The predicted molar refractivity (Wildman–Crippen MR) is 127 cm³/mol. The van der Waals surface area contributed by atoms with Gasteiger partial charge in [0, 0.05) is 5.88 Å². The highest BCUT2D eigenvalue weighted by Gasteiger charge is 2.10. The van der Waals surface area contributed by atoms with Gasteiger partial charge >= 0.3 is 0 Å². The minimum atomic E-state index is 0.640. The largest absolute Gasteiger partial charge is 0.122 e. The number of alkyl halides is 1. The molecule has 0 aliphatic rings. The Kier molecular flexibility index (Phi) is 12.2. The quantitative estimate of drug-likeness (QED) is 0.369. The molecule has 1 unspecified atom stereocenters. The summed E-state index contributed by atoms with van der Waals surface area (Å²) in [6.07, 6.45) is 6.04. The van der Waals surface area contributed by atoms with Gasteiger partial charge in [-0.05, 0) is 65.7 Å². The van der Waals surface area contributed by atoms with E-state index in [1.807, 2.05) is 0 Å². The molecule has 156 valence electrons. The van der Waals surface area contributed by atoms with Crippen LogP contribution in [0.3, 0.4) is 0 Å². The Labute approximate surface area is 179 Å². The summed E-state index contributed by atoms with van der Waals surface area (Å²) in [5.74, 6) is 2.90. The second-order valence-electron chi connectivity index (χ2n) is 8.73. The standard InChI is InChI=1S/C14H21Cl.C13H20/c1-4-5-13-7-6-12(8-11(2)3)9-14(13)10-15;1-4-12(10-11(2)3)13-8-6-5-7-9-13/h6-7,9,11H,4-5,8,10H2,1-3H3;5-9,11-12H,4,10H2,1-3H3. The molecule has 1 heteroatoms. The average Bonchev–Trinajstić information content (AvgIpc) is 2.68. The fourth-order valence-corrected chi connectivity index (χ4v) is 4.00. The van der Waals surface area contributed by atoms with E-state index in [0.29, 0.717) is 11.8 Å². The monoisotopic (exact) mass is 400 g/mol. The van der Waals surface area contributed by atoms with E-state index in [-0.39, 0.29) is 0 Å². The van der Waals surface area contributed by atoms with Crippen LogP contribution in [0, 0.1) is 11.8 Å². The first-order valence-electron chi connectivity index (χ1n) is 11.1. The third-order valence-corrected chi connectivity index (χ3v) is 5.39. The van der Waals surface area contributed by atoms with Crippen molar-refractivity contribution in [2.24, 2.45) is 11.8 Å². The first-order valence-corrected chi connectivity index (χ1v) is 11.7. The number of halogens is 1. The molecule has 0 saturated carbocycles. The molecule has 2 aromatic carbocycles. The Morgan fingerprint density at radius 1 is 0.821 bits per heavy atom. The smallest absolute Gasteiger partial charge is 0.0476 e. The molecule has 0 bridgehead atoms. The first kappa shape index (κ1) is 24.8. The maximum Gasteiger partial charge on any atom is 0.0476 e. The van der Waals surface area contributed by atoms with Crippen LogP contribution < -0.4 is 0 Å². The van der Waals surface area contributed by atoms with Gasteiger partial charge in [0.15, 0.2) is 0 Å². The van der Waals surface area contributed by atoms with Crippen molar-refractivity contribution in [3.8, 4) is 0 Å². The number of rotatable bonds is 9. The summed E-state index contributed by atoms with van der Waals surface area (Å²) < 4.78 is 0. The van der Waals surface area contributed by atoms with Crippen LogP contribution in [0.25, 0.3) is 0 Å². The van der Waals surface area contributed by atoms with Crippen LogP contribution in [-0.4, -0.2) is 0 Å². The molecule has 0 radical (unpaired) electrons. The maximum absolute atomic E-state index is 5.98. The number of hydrogen-bond acceptors (Lipinski definition) is 0.